The average Bonchev–Trinajstić information content (AvgIpc) is 3.29. The summed E-state index contributed by atoms with van der Waals surface area (Å²) < 4.78 is 1.15. The number of aryl methyl sites for hydroxylation is 2. The van der Waals surface area contributed by atoms with Crippen molar-refractivity contribution in [3.8, 4) is 0 Å². The Bertz CT molecular complexity index is 929. The third-order valence-corrected chi connectivity index (χ3v) is 6.11. The van der Waals surface area contributed by atoms with E-state index in [1.54, 1.807) is 17.5 Å². The van der Waals surface area contributed by atoms with Gasteiger partial charge in [-0.2, -0.15) is 0 Å². The normalized spacial score (nSPS) is 14.8. The van der Waals surface area contributed by atoms with E-state index < -0.39 is 0 Å². The van der Waals surface area contributed by atoms with E-state index in [9.17, 15) is 4.79 Å². The smallest absolute Gasteiger partial charge is 0.232 e. The van der Waals surface area contributed by atoms with E-state index in [4.69, 9.17) is 4.98 Å². The second-order valence-electron chi connectivity index (χ2n) is 7.19. The van der Waals surface area contributed by atoms with Crippen LogP contribution in [0.15, 0.2) is 36.7 Å². The molecule has 1 amide bonds. The van der Waals surface area contributed by atoms with Gasteiger partial charge in [0.1, 0.15) is 0 Å². The zero-order valence-electron chi connectivity index (χ0n) is 15.2. The number of carbonyl (C=O) groups is 1. The van der Waals surface area contributed by atoms with Crippen LogP contribution in [0.25, 0.3) is 10.2 Å². The lowest BCUT2D eigenvalue weighted by Gasteiger charge is -2.23. The molecule has 0 atom stereocenters. The maximum atomic E-state index is 13.3. The third-order valence-electron chi connectivity index (χ3n) is 5.08. The molecule has 2 heterocycles. The Hall–Kier alpha value is -2.27. The van der Waals surface area contributed by atoms with Crippen LogP contribution < -0.4 is 4.90 Å². The Morgan fingerprint density at radius 1 is 1.27 bits per heavy atom. The van der Waals surface area contributed by atoms with E-state index in [1.807, 2.05) is 23.2 Å². The molecule has 0 spiro atoms. The SMILES string of the molecule is Cc1cc(C)c2nc(N(Cc3cccnc3)C(=O)C3CCCC3)sc2c1. The van der Waals surface area contributed by atoms with Gasteiger partial charge in [-0.25, -0.2) is 4.98 Å². The molecule has 1 aliphatic carbocycles. The second-order valence-corrected chi connectivity index (χ2v) is 8.20. The molecule has 0 unspecified atom stereocenters. The number of pyridine rings is 1. The molecule has 1 aromatic carbocycles. The quantitative estimate of drug-likeness (QED) is 0.651. The van der Waals surface area contributed by atoms with Crippen LogP contribution in [0.3, 0.4) is 0 Å². The number of fused-ring (bicyclic) bond motifs is 1. The number of carbonyl (C=O) groups excluding carboxylic acids is 1. The van der Waals surface area contributed by atoms with Gasteiger partial charge in [0, 0.05) is 18.3 Å². The van der Waals surface area contributed by atoms with Crippen molar-refractivity contribution < 1.29 is 4.79 Å². The highest BCUT2D eigenvalue weighted by molar-refractivity contribution is 7.22. The first-order valence-corrected chi connectivity index (χ1v) is 10.0. The van der Waals surface area contributed by atoms with E-state index in [0.29, 0.717) is 6.54 Å². The first kappa shape index (κ1) is 17.2. The number of anilines is 1. The maximum Gasteiger partial charge on any atom is 0.232 e. The molecule has 4 nitrogen and oxygen atoms in total. The number of hydrogen-bond donors (Lipinski definition) is 0. The summed E-state index contributed by atoms with van der Waals surface area (Å²) >= 11 is 1.61. The van der Waals surface area contributed by atoms with Gasteiger partial charge in [0.05, 0.1) is 16.8 Å². The van der Waals surface area contributed by atoms with Gasteiger partial charge >= 0.3 is 0 Å². The third kappa shape index (κ3) is 3.36. The topological polar surface area (TPSA) is 46.1 Å². The summed E-state index contributed by atoms with van der Waals surface area (Å²) in [5.74, 6) is 0.335. The van der Waals surface area contributed by atoms with E-state index in [1.165, 1.54) is 5.56 Å². The molecule has 5 heteroatoms. The highest BCUT2D eigenvalue weighted by atomic mass is 32.1. The zero-order chi connectivity index (χ0) is 18.1. The number of benzene rings is 1. The molecule has 1 saturated carbocycles. The molecule has 1 aliphatic rings. The molecule has 26 heavy (non-hydrogen) atoms. The first-order chi connectivity index (χ1) is 12.6. The number of thiazole rings is 1. The molecule has 134 valence electrons. The minimum Gasteiger partial charge on any atom is -0.283 e. The Morgan fingerprint density at radius 2 is 2.08 bits per heavy atom. The molecular weight excluding hydrogens is 342 g/mol. The van der Waals surface area contributed by atoms with Gasteiger partial charge in [-0.15, -0.1) is 0 Å². The lowest BCUT2D eigenvalue weighted by atomic mass is 10.1. The van der Waals surface area contributed by atoms with Gasteiger partial charge in [0.15, 0.2) is 5.13 Å². The number of amides is 1. The Balaban J connectivity index is 1.74. The lowest BCUT2D eigenvalue weighted by Crippen LogP contribution is -2.34. The molecule has 2 aromatic heterocycles. The first-order valence-electron chi connectivity index (χ1n) is 9.20. The summed E-state index contributed by atoms with van der Waals surface area (Å²) in [5.41, 5.74) is 4.43. The summed E-state index contributed by atoms with van der Waals surface area (Å²) in [7, 11) is 0. The summed E-state index contributed by atoms with van der Waals surface area (Å²) in [5, 5.41) is 0.800. The number of aromatic nitrogens is 2. The average molecular weight is 366 g/mol. The van der Waals surface area contributed by atoms with Crippen LogP contribution in [0, 0.1) is 19.8 Å². The Kier molecular flexibility index (Phi) is 4.72. The summed E-state index contributed by atoms with van der Waals surface area (Å²) in [6.07, 6.45) is 7.87. The maximum absolute atomic E-state index is 13.3. The minimum absolute atomic E-state index is 0.126. The van der Waals surface area contributed by atoms with Crippen LogP contribution in [0.5, 0.6) is 0 Å². The summed E-state index contributed by atoms with van der Waals surface area (Å²) in [4.78, 5) is 24.2. The molecule has 0 aliphatic heterocycles. The van der Waals surface area contributed by atoms with Crippen molar-refractivity contribution in [1.82, 2.24) is 9.97 Å². The molecule has 3 aromatic rings. The predicted octanol–water partition coefficient (Wildman–Crippen LogP) is 5.03. The zero-order valence-corrected chi connectivity index (χ0v) is 16.1. The van der Waals surface area contributed by atoms with Crippen LogP contribution in [0.2, 0.25) is 0 Å². The van der Waals surface area contributed by atoms with Crippen LogP contribution >= 0.6 is 11.3 Å². The summed E-state index contributed by atoms with van der Waals surface area (Å²) in [6, 6.07) is 8.24. The van der Waals surface area contributed by atoms with Gasteiger partial charge in [0.25, 0.3) is 0 Å². The molecular formula is C21H23N3OS. The van der Waals surface area contributed by atoms with Crippen molar-refractivity contribution in [2.75, 3.05) is 4.90 Å². The fraction of sp³-hybridized carbons (Fsp3) is 0.381. The van der Waals surface area contributed by atoms with Crippen LogP contribution in [-0.2, 0) is 11.3 Å². The van der Waals surface area contributed by atoms with Crippen LogP contribution in [-0.4, -0.2) is 15.9 Å². The van der Waals surface area contributed by atoms with Crippen LogP contribution in [0.4, 0.5) is 5.13 Å². The van der Waals surface area contributed by atoms with Gasteiger partial charge < -0.3 is 0 Å². The number of nitrogens with zero attached hydrogens (tertiary/aromatic N) is 3. The van der Waals surface area contributed by atoms with Crippen molar-refractivity contribution >= 4 is 32.6 Å². The van der Waals surface area contributed by atoms with Crippen molar-refractivity contribution in [2.24, 2.45) is 5.92 Å². The van der Waals surface area contributed by atoms with E-state index in [-0.39, 0.29) is 11.8 Å². The van der Waals surface area contributed by atoms with Gasteiger partial charge in [-0.1, -0.05) is 36.3 Å². The molecule has 0 saturated heterocycles. The largest absolute Gasteiger partial charge is 0.283 e. The fourth-order valence-electron chi connectivity index (χ4n) is 3.78. The standard InChI is InChI=1S/C21H23N3OS/c1-14-10-15(2)19-18(11-14)26-21(23-19)24(13-16-6-5-9-22-12-16)20(25)17-7-3-4-8-17/h5-6,9-12,17H,3-4,7-8,13H2,1-2H3. The molecule has 4 rings (SSSR count). The highest BCUT2D eigenvalue weighted by Crippen LogP contribution is 2.35. The lowest BCUT2D eigenvalue weighted by molar-refractivity contribution is -0.122. The van der Waals surface area contributed by atoms with E-state index >= 15 is 0 Å². The van der Waals surface area contributed by atoms with Crippen molar-refractivity contribution in [3.05, 3.63) is 53.3 Å². The molecule has 0 bridgehead atoms. The Labute approximate surface area is 157 Å². The molecule has 0 radical (unpaired) electrons. The van der Waals surface area contributed by atoms with E-state index in [0.717, 1.165) is 52.2 Å². The predicted molar refractivity (Wildman–Crippen MR) is 106 cm³/mol. The highest BCUT2D eigenvalue weighted by Gasteiger charge is 2.30. The van der Waals surface area contributed by atoms with Crippen molar-refractivity contribution in [1.29, 1.82) is 0 Å². The minimum atomic E-state index is 0.126. The second kappa shape index (κ2) is 7.16. The van der Waals surface area contributed by atoms with E-state index in [2.05, 4.69) is 31.0 Å². The monoisotopic (exact) mass is 365 g/mol. The summed E-state index contributed by atoms with van der Waals surface area (Å²) in [6.45, 7) is 4.72. The van der Waals surface area contributed by atoms with Crippen molar-refractivity contribution in [2.45, 2.75) is 46.1 Å². The fourth-order valence-corrected chi connectivity index (χ4v) is 4.93. The van der Waals surface area contributed by atoms with Gasteiger partial charge in [-0.3, -0.25) is 14.7 Å². The molecule has 1 fully saturated rings. The Morgan fingerprint density at radius 3 is 2.81 bits per heavy atom. The van der Waals surface area contributed by atoms with Crippen LogP contribution in [0.1, 0.15) is 42.4 Å². The van der Waals surface area contributed by atoms with Gasteiger partial charge in [0.2, 0.25) is 5.91 Å². The molecule has 0 N–H and O–H groups in total. The van der Waals surface area contributed by atoms with Crippen molar-refractivity contribution in [3.63, 3.8) is 0 Å². The van der Waals surface area contributed by atoms with Gasteiger partial charge in [-0.05, 0) is 55.5 Å². The number of rotatable bonds is 4. The number of hydrogen-bond acceptors (Lipinski definition) is 4.